The van der Waals surface area contributed by atoms with Gasteiger partial charge >= 0.3 is 17.9 Å². The molecular formula is C56H102O6. The number of carbonyl (C=O) groups excluding carboxylic acids is 3. The van der Waals surface area contributed by atoms with Gasteiger partial charge < -0.3 is 14.2 Å². The van der Waals surface area contributed by atoms with E-state index in [1.54, 1.807) is 0 Å². The average molecular weight is 871 g/mol. The maximum absolute atomic E-state index is 12.8. The first kappa shape index (κ1) is 59.6. The SMILES string of the molecule is CC/C=C\C/C=C\C/C=C\CCCCCCCCC(=O)OC(COC(=O)CCCCCCCCCCCC)COC(=O)CCCCCCCCCCCCCCCCCCCC. The Labute approximate surface area is 385 Å². The molecule has 0 aliphatic heterocycles. The van der Waals surface area contributed by atoms with Gasteiger partial charge in [0.25, 0.3) is 0 Å². The zero-order chi connectivity index (χ0) is 45.1. The fourth-order valence-corrected chi connectivity index (χ4v) is 7.87. The van der Waals surface area contributed by atoms with Crippen LogP contribution in [0.1, 0.15) is 284 Å². The van der Waals surface area contributed by atoms with Crippen LogP contribution in [0.25, 0.3) is 0 Å². The van der Waals surface area contributed by atoms with Gasteiger partial charge in [-0.25, -0.2) is 0 Å². The van der Waals surface area contributed by atoms with Crippen LogP contribution in [0.15, 0.2) is 36.5 Å². The molecule has 362 valence electrons. The zero-order valence-electron chi connectivity index (χ0n) is 41.4. The molecule has 0 spiro atoms. The van der Waals surface area contributed by atoms with Gasteiger partial charge in [-0.15, -0.1) is 0 Å². The molecule has 0 rings (SSSR count). The third-order valence-corrected chi connectivity index (χ3v) is 11.9. The largest absolute Gasteiger partial charge is 0.462 e. The van der Waals surface area contributed by atoms with Gasteiger partial charge in [0.1, 0.15) is 13.2 Å². The molecule has 1 atom stereocenters. The lowest BCUT2D eigenvalue weighted by atomic mass is 10.0. The summed E-state index contributed by atoms with van der Waals surface area (Å²) in [7, 11) is 0. The first-order valence-corrected chi connectivity index (χ1v) is 27.0. The van der Waals surface area contributed by atoms with Gasteiger partial charge in [0.2, 0.25) is 0 Å². The number of allylic oxidation sites excluding steroid dienone is 6. The summed E-state index contributed by atoms with van der Waals surface area (Å²) in [5.74, 6) is -0.874. The number of hydrogen-bond acceptors (Lipinski definition) is 6. The lowest BCUT2D eigenvalue weighted by Crippen LogP contribution is -2.30. The summed E-state index contributed by atoms with van der Waals surface area (Å²) in [5, 5.41) is 0. The maximum atomic E-state index is 12.8. The zero-order valence-corrected chi connectivity index (χ0v) is 41.4. The number of unbranched alkanes of at least 4 members (excludes halogenated alkanes) is 32. The molecule has 0 heterocycles. The normalized spacial score (nSPS) is 12.2. The van der Waals surface area contributed by atoms with E-state index in [9.17, 15) is 14.4 Å². The first-order chi connectivity index (χ1) is 30.5. The number of rotatable bonds is 49. The minimum absolute atomic E-state index is 0.0732. The van der Waals surface area contributed by atoms with Crippen molar-refractivity contribution in [1.29, 1.82) is 0 Å². The van der Waals surface area contributed by atoms with Crippen LogP contribution in [0.3, 0.4) is 0 Å². The van der Waals surface area contributed by atoms with Crippen LogP contribution in [0.2, 0.25) is 0 Å². The van der Waals surface area contributed by atoms with Crippen LogP contribution >= 0.6 is 0 Å². The summed E-state index contributed by atoms with van der Waals surface area (Å²) in [6.07, 6.45) is 59.9. The van der Waals surface area contributed by atoms with Crippen molar-refractivity contribution in [2.24, 2.45) is 0 Å². The second-order valence-corrected chi connectivity index (χ2v) is 18.1. The summed E-state index contributed by atoms with van der Waals surface area (Å²) in [6, 6.07) is 0. The van der Waals surface area contributed by atoms with Crippen molar-refractivity contribution < 1.29 is 28.6 Å². The maximum Gasteiger partial charge on any atom is 0.306 e. The van der Waals surface area contributed by atoms with Crippen LogP contribution in [0, 0.1) is 0 Å². The number of hydrogen-bond donors (Lipinski definition) is 0. The number of ether oxygens (including phenoxy) is 3. The van der Waals surface area contributed by atoms with Crippen LogP contribution in [-0.2, 0) is 28.6 Å². The lowest BCUT2D eigenvalue weighted by molar-refractivity contribution is -0.167. The predicted octanol–water partition coefficient (Wildman–Crippen LogP) is 17.7. The van der Waals surface area contributed by atoms with E-state index in [-0.39, 0.29) is 31.1 Å². The van der Waals surface area contributed by atoms with E-state index in [0.717, 1.165) is 83.5 Å². The molecule has 0 aromatic carbocycles. The monoisotopic (exact) mass is 871 g/mol. The predicted molar refractivity (Wildman–Crippen MR) is 266 cm³/mol. The van der Waals surface area contributed by atoms with E-state index in [1.165, 1.54) is 161 Å². The Kier molecular flexibility index (Phi) is 49.3. The van der Waals surface area contributed by atoms with Crippen molar-refractivity contribution in [1.82, 2.24) is 0 Å². The third-order valence-electron chi connectivity index (χ3n) is 11.9. The highest BCUT2D eigenvalue weighted by atomic mass is 16.6. The highest BCUT2D eigenvalue weighted by Gasteiger charge is 2.19. The number of esters is 3. The van der Waals surface area contributed by atoms with Gasteiger partial charge in [-0.05, 0) is 51.4 Å². The standard InChI is InChI=1S/C56H102O6/c1-4-7-10-13-16-19-22-24-26-28-29-31-32-34-37-40-43-46-49-55(58)61-52-53(51-60-54(57)48-45-42-39-36-21-18-15-12-9-6-3)62-56(59)50-47-44-41-38-35-33-30-27-25-23-20-17-14-11-8-5-2/h8,11,17,20,25,27,53H,4-7,9-10,12-16,18-19,21-24,26,28-52H2,1-3H3/b11-8-,20-17-,27-25-. The summed E-state index contributed by atoms with van der Waals surface area (Å²) >= 11 is 0. The molecule has 0 aliphatic carbocycles. The van der Waals surface area contributed by atoms with Gasteiger partial charge in [-0.2, -0.15) is 0 Å². The Balaban J connectivity index is 4.30. The van der Waals surface area contributed by atoms with Crippen molar-refractivity contribution in [2.45, 2.75) is 290 Å². The topological polar surface area (TPSA) is 78.9 Å². The van der Waals surface area contributed by atoms with Crippen LogP contribution in [-0.4, -0.2) is 37.2 Å². The van der Waals surface area contributed by atoms with Crippen molar-refractivity contribution in [3.8, 4) is 0 Å². The molecule has 6 nitrogen and oxygen atoms in total. The molecule has 6 heteroatoms. The molecular weight excluding hydrogens is 769 g/mol. The molecule has 0 aromatic rings. The fourth-order valence-electron chi connectivity index (χ4n) is 7.87. The quantitative estimate of drug-likeness (QED) is 0.0262. The summed E-state index contributed by atoms with van der Waals surface area (Å²) < 4.78 is 16.8. The Morgan fingerprint density at radius 1 is 0.339 bits per heavy atom. The summed E-state index contributed by atoms with van der Waals surface area (Å²) in [4.78, 5) is 38.0. The van der Waals surface area contributed by atoms with Crippen LogP contribution in [0.5, 0.6) is 0 Å². The van der Waals surface area contributed by atoms with Crippen molar-refractivity contribution in [2.75, 3.05) is 13.2 Å². The van der Waals surface area contributed by atoms with Gasteiger partial charge in [0.15, 0.2) is 6.10 Å². The van der Waals surface area contributed by atoms with Crippen LogP contribution in [0.4, 0.5) is 0 Å². The molecule has 0 N–H and O–H groups in total. The van der Waals surface area contributed by atoms with Crippen molar-refractivity contribution >= 4 is 17.9 Å². The lowest BCUT2D eigenvalue weighted by Gasteiger charge is -2.18. The Bertz CT molecular complexity index is 1050. The van der Waals surface area contributed by atoms with Crippen molar-refractivity contribution in [3.63, 3.8) is 0 Å². The molecule has 0 aliphatic rings. The van der Waals surface area contributed by atoms with Crippen molar-refractivity contribution in [3.05, 3.63) is 36.5 Å². The molecule has 0 saturated heterocycles. The summed E-state index contributed by atoms with van der Waals surface area (Å²) in [6.45, 7) is 6.54. The minimum atomic E-state index is -0.773. The Morgan fingerprint density at radius 2 is 0.629 bits per heavy atom. The van der Waals surface area contributed by atoms with Gasteiger partial charge in [-0.3, -0.25) is 14.4 Å². The molecule has 0 amide bonds. The van der Waals surface area contributed by atoms with Crippen LogP contribution < -0.4 is 0 Å². The Morgan fingerprint density at radius 3 is 0.984 bits per heavy atom. The highest BCUT2D eigenvalue weighted by molar-refractivity contribution is 5.71. The molecule has 0 radical (unpaired) electrons. The molecule has 0 fully saturated rings. The van der Waals surface area contributed by atoms with Gasteiger partial charge in [-0.1, -0.05) is 250 Å². The third kappa shape index (κ3) is 48.7. The minimum Gasteiger partial charge on any atom is -0.462 e. The van der Waals surface area contributed by atoms with Gasteiger partial charge in [0.05, 0.1) is 0 Å². The van der Waals surface area contributed by atoms with Gasteiger partial charge in [0, 0.05) is 19.3 Å². The average Bonchev–Trinajstić information content (AvgIpc) is 3.27. The second-order valence-electron chi connectivity index (χ2n) is 18.1. The van der Waals surface area contributed by atoms with E-state index in [1.807, 2.05) is 0 Å². The molecule has 1 unspecified atom stereocenters. The molecule has 62 heavy (non-hydrogen) atoms. The van der Waals surface area contributed by atoms with E-state index in [0.29, 0.717) is 19.3 Å². The summed E-state index contributed by atoms with van der Waals surface area (Å²) in [5.41, 5.74) is 0. The number of carbonyl (C=O) groups is 3. The molecule has 0 saturated carbocycles. The van der Waals surface area contributed by atoms with E-state index in [2.05, 4.69) is 57.2 Å². The molecule has 0 aromatic heterocycles. The fraction of sp³-hybridized carbons (Fsp3) is 0.839. The Hall–Kier alpha value is -2.37. The van der Waals surface area contributed by atoms with E-state index in [4.69, 9.17) is 14.2 Å². The second kappa shape index (κ2) is 51.3. The first-order valence-electron chi connectivity index (χ1n) is 27.0. The van der Waals surface area contributed by atoms with E-state index >= 15 is 0 Å². The van der Waals surface area contributed by atoms with E-state index < -0.39 is 6.10 Å². The smallest absolute Gasteiger partial charge is 0.306 e. The molecule has 0 bridgehead atoms. The highest BCUT2D eigenvalue weighted by Crippen LogP contribution is 2.16.